The molecule has 4 aliphatic carbocycles. The first-order valence-corrected chi connectivity index (χ1v) is 9.72. The average molecular weight is 316 g/mol. The van der Waals surface area contributed by atoms with Gasteiger partial charge in [-0.2, -0.15) is 0 Å². The molecule has 5 atom stereocenters. The Bertz CT molecular complexity index is 546. The van der Waals surface area contributed by atoms with E-state index in [9.17, 15) is 10.2 Å². The maximum atomic E-state index is 9.48. The van der Waals surface area contributed by atoms with Crippen molar-refractivity contribution in [2.75, 3.05) is 0 Å². The molecule has 2 heteroatoms. The van der Waals surface area contributed by atoms with Crippen molar-refractivity contribution in [3.8, 4) is 0 Å². The SMILES string of the molecule is C[C@]12CC[C@H]3C(=CC=C4CCCC[C@@]43C)[C@@H]1CC[C@@H]2CC(O)O. The van der Waals surface area contributed by atoms with Crippen LogP contribution in [0, 0.1) is 28.6 Å². The van der Waals surface area contributed by atoms with Gasteiger partial charge in [-0.1, -0.05) is 43.6 Å². The molecule has 4 rings (SSSR count). The Kier molecular flexibility index (Phi) is 3.77. The predicted molar refractivity (Wildman–Crippen MR) is 92.6 cm³/mol. The van der Waals surface area contributed by atoms with E-state index < -0.39 is 6.29 Å². The van der Waals surface area contributed by atoms with Gasteiger partial charge in [0, 0.05) is 6.42 Å². The molecule has 0 bridgehead atoms. The minimum Gasteiger partial charge on any atom is -0.368 e. The summed E-state index contributed by atoms with van der Waals surface area (Å²) >= 11 is 0. The molecule has 0 aromatic heterocycles. The first-order valence-electron chi connectivity index (χ1n) is 9.72. The van der Waals surface area contributed by atoms with Gasteiger partial charge in [0.2, 0.25) is 0 Å². The monoisotopic (exact) mass is 316 g/mol. The van der Waals surface area contributed by atoms with Gasteiger partial charge in [-0.25, -0.2) is 0 Å². The van der Waals surface area contributed by atoms with Gasteiger partial charge >= 0.3 is 0 Å². The number of aliphatic hydroxyl groups is 2. The molecule has 0 spiro atoms. The quantitative estimate of drug-likeness (QED) is 0.732. The van der Waals surface area contributed by atoms with E-state index in [-0.39, 0.29) is 5.41 Å². The van der Waals surface area contributed by atoms with Crippen LogP contribution < -0.4 is 0 Å². The van der Waals surface area contributed by atoms with E-state index in [2.05, 4.69) is 26.0 Å². The second-order valence-electron chi connectivity index (χ2n) is 9.12. The van der Waals surface area contributed by atoms with Crippen molar-refractivity contribution in [1.82, 2.24) is 0 Å². The average Bonchev–Trinajstić information content (AvgIpc) is 2.83. The zero-order valence-electron chi connectivity index (χ0n) is 14.7. The molecule has 0 aliphatic heterocycles. The van der Waals surface area contributed by atoms with Crippen molar-refractivity contribution < 1.29 is 10.2 Å². The fourth-order valence-electron chi connectivity index (χ4n) is 6.79. The van der Waals surface area contributed by atoms with Gasteiger partial charge in [-0.05, 0) is 73.5 Å². The molecule has 23 heavy (non-hydrogen) atoms. The van der Waals surface area contributed by atoms with Crippen molar-refractivity contribution in [3.63, 3.8) is 0 Å². The summed E-state index contributed by atoms with van der Waals surface area (Å²) in [6, 6.07) is 0. The van der Waals surface area contributed by atoms with Crippen molar-refractivity contribution in [2.45, 2.75) is 77.9 Å². The first-order chi connectivity index (χ1) is 10.9. The minimum absolute atomic E-state index is 0.280. The topological polar surface area (TPSA) is 40.5 Å². The Morgan fingerprint density at radius 1 is 1.04 bits per heavy atom. The van der Waals surface area contributed by atoms with Gasteiger partial charge < -0.3 is 10.2 Å². The highest BCUT2D eigenvalue weighted by atomic mass is 16.5. The Labute approximate surface area is 140 Å². The standard InChI is InChI=1S/C21H32O2/c1-20-11-4-3-5-14(20)6-8-16-17-9-7-15(13-19(22)23)21(17,2)12-10-18(16)20/h6,8,15,17-19,22-23H,3-5,7,9-13H2,1-2H3/t15-,17+,18+,20+,21-/m1/s1. The van der Waals surface area contributed by atoms with Crippen LogP contribution in [0.25, 0.3) is 0 Å². The maximum Gasteiger partial charge on any atom is 0.151 e. The summed E-state index contributed by atoms with van der Waals surface area (Å²) in [6.07, 6.45) is 14.8. The van der Waals surface area contributed by atoms with E-state index in [1.54, 1.807) is 11.1 Å². The highest BCUT2D eigenvalue weighted by Gasteiger charge is 2.55. The zero-order valence-corrected chi connectivity index (χ0v) is 14.7. The van der Waals surface area contributed by atoms with E-state index in [0.717, 1.165) is 12.3 Å². The van der Waals surface area contributed by atoms with Crippen LogP contribution in [0.5, 0.6) is 0 Å². The molecule has 3 saturated carbocycles. The first kappa shape index (κ1) is 15.9. The molecule has 0 aromatic rings. The number of fused-ring (bicyclic) bond motifs is 5. The summed E-state index contributed by atoms with van der Waals surface area (Å²) < 4.78 is 0. The van der Waals surface area contributed by atoms with E-state index in [1.807, 2.05) is 0 Å². The lowest BCUT2D eigenvalue weighted by Crippen LogP contribution is -2.45. The van der Waals surface area contributed by atoms with Crippen molar-refractivity contribution in [2.24, 2.45) is 28.6 Å². The van der Waals surface area contributed by atoms with Crippen molar-refractivity contribution in [1.29, 1.82) is 0 Å². The molecule has 0 amide bonds. The summed E-state index contributed by atoms with van der Waals surface area (Å²) in [5, 5.41) is 19.0. The second kappa shape index (κ2) is 5.46. The number of hydrogen-bond donors (Lipinski definition) is 2. The van der Waals surface area contributed by atoms with Crippen molar-refractivity contribution >= 4 is 0 Å². The van der Waals surface area contributed by atoms with Crippen LogP contribution in [0.2, 0.25) is 0 Å². The van der Waals surface area contributed by atoms with E-state index >= 15 is 0 Å². The molecule has 0 aromatic carbocycles. The largest absolute Gasteiger partial charge is 0.368 e. The molecule has 0 saturated heterocycles. The van der Waals surface area contributed by atoms with Gasteiger partial charge in [-0.3, -0.25) is 0 Å². The smallest absolute Gasteiger partial charge is 0.151 e. The highest BCUT2D eigenvalue weighted by molar-refractivity contribution is 5.38. The predicted octanol–water partition coefficient (Wildman–Crippen LogP) is 4.58. The van der Waals surface area contributed by atoms with Gasteiger partial charge in [0.05, 0.1) is 0 Å². The molecular formula is C21H32O2. The summed E-state index contributed by atoms with van der Waals surface area (Å²) in [5.74, 6) is 1.89. The van der Waals surface area contributed by atoms with Crippen LogP contribution in [-0.4, -0.2) is 16.5 Å². The lowest BCUT2D eigenvalue weighted by Gasteiger charge is -2.54. The Hall–Kier alpha value is -0.600. The molecule has 0 radical (unpaired) electrons. The second-order valence-corrected chi connectivity index (χ2v) is 9.12. The molecule has 4 aliphatic rings. The van der Waals surface area contributed by atoms with E-state index in [4.69, 9.17) is 0 Å². The molecule has 3 fully saturated rings. The minimum atomic E-state index is -1.14. The Morgan fingerprint density at radius 2 is 1.87 bits per heavy atom. The van der Waals surface area contributed by atoms with Gasteiger partial charge in [0.25, 0.3) is 0 Å². The summed E-state index contributed by atoms with van der Waals surface area (Å²) in [4.78, 5) is 0. The van der Waals surface area contributed by atoms with Gasteiger partial charge in [0.15, 0.2) is 6.29 Å². The lowest BCUT2D eigenvalue weighted by molar-refractivity contribution is -0.0713. The van der Waals surface area contributed by atoms with E-state index in [1.165, 1.54) is 44.9 Å². The number of allylic oxidation sites excluding steroid dienone is 4. The zero-order chi connectivity index (χ0) is 16.2. The highest BCUT2D eigenvalue weighted by Crippen LogP contribution is 2.65. The van der Waals surface area contributed by atoms with Gasteiger partial charge in [0.1, 0.15) is 0 Å². The lowest BCUT2D eigenvalue weighted by atomic mass is 9.50. The van der Waals surface area contributed by atoms with Crippen LogP contribution in [0.3, 0.4) is 0 Å². The van der Waals surface area contributed by atoms with Gasteiger partial charge in [-0.15, -0.1) is 0 Å². The molecule has 128 valence electrons. The van der Waals surface area contributed by atoms with Crippen LogP contribution in [0.1, 0.15) is 71.6 Å². The molecule has 2 N–H and O–H groups in total. The van der Waals surface area contributed by atoms with E-state index in [0.29, 0.717) is 23.7 Å². The third-order valence-corrected chi connectivity index (χ3v) is 8.18. The Balaban J connectivity index is 1.66. The third-order valence-electron chi connectivity index (χ3n) is 8.18. The van der Waals surface area contributed by atoms with Crippen LogP contribution in [0.15, 0.2) is 23.3 Å². The number of aliphatic hydroxyl groups excluding tert-OH is 1. The Morgan fingerprint density at radius 3 is 2.65 bits per heavy atom. The fraction of sp³-hybridized carbons (Fsp3) is 0.810. The van der Waals surface area contributed by atoms with Crippen molar-refractivity contribution in [3.05, 3.63) is 23.3 Å². The summed E-state index contributed by atoms with van der Waals surface area (Å²) in [6.45, 7) is 4.96. The summed E-state index contributed by atoms with van der Waals surface area (Å²) in [5.41, 5.74) is 4.11. The molecule has 0 heterocycles. The third kappa shape index (κ3) is 2.28. The summed E-state index contributed by atoms with van der Waals surface area (Å²) in [7, 11) is 0. The fourth-order valence-corrected chi connectivity index (χ4v) is 6.79. The maximum absolute atomic E-state index is 9.48. The van der Waals surface area contributed by atoms with Crippen LogP contribution in [-0.2, 0) is 0 Å². The normalized spacial score (nSPS) is 45.9. The number of hydrogen-bond acceptors (Lipinski definition) is 2. The molecule has 0 unspecified atom stereocenters. The molecular weight excluding hydrogens is 284 g/mol. The van der Waals surface area contributed by atoms with Crippen LogP contribution in [0.4, 0.5) is 0 Å². The van der Waals surface area contributed by atoms with Crippen LogP contribution >= 0.6 is 0 Å². The molecule has 2 nitrogen and oxygen atoms in total. The number of rotatable bonds is 2.